The van der Waals surface area contributed by atoms with E-state index in [1.54, 1.807) is 23.5 Å². The lowest BCUT2D eigenvalue weighted by Gasteiger charge is -2.15. The predicted molar refractivity (Wildman–Crippen MR) is 69.0 cm³/mol. The Labute approximate surface area is 110 Å². The third-order valence-corrected chi connectivity index (χ3v) is 3.75. The van der Waals surface area contributed by atoms with Gasteiger partial charge in [-0.1, -0.05) is 11.8 Å². The second-order valence-electron chi connectivity index (χ2n) is 4.22. The van der Waals surface area contributed by atoms with E-state index in [4.69, 9.17) is 0 Å². The molecule has 1 aromatic heterocycles. The molecule has 0 saturated carbocycles. The molecule has 18 heavy (non-hydrogen) atoms. The fraction of sp³-hybridized carbons (Fsp3) is 0.500. The minimum absolute atomic E-state index is 0.0728. The Bertz CT molecular complexity index is 438. The summed E-state index contributed by atoms with van der Waals surface area (Å²) in [5.74, 6) is 0.123. The lowest BCUT2D eigenvalue weighted by Crippen LogP contribution is -2.28. The van der Waals surface area contributed by atoms with Crippen molar-refractivity contribution in [3.8, 4) is 0 Å². The minimum Gasteiger partial charge on any atom is -0.341 e. The van der Waals surface area contributed by atoms with Crippen LogP contribution in [0.25, 0.3) is 0 Å². The zero-order valence-corrected chi connectivity index (χ0v) is 11.0. The number of carbonyl (C=O) groups excluding carboxylic acids is 2. The van der Waals surface area contributed by atoms with Crippen molar-refractivity contribution < 1.29 is 9.59 Å². The highest BCUT2D eigenvalue weighted by molar-refractivity contribution is 8.14. The number of hydrogen-bond donors (Lipinski definition) is 0. The van der Waals surface area contributed by atoms with Crippen molar-refractivity contribution in [3.05, 3.63) is 24.3 Å². The number of thioether (sulfide) groups is 1. The van der Waals surface area contributed by atoms with Crippen molar-refractivity contribution in [1.29, 1.82) is 0 Å². The summed E-state index contributed by atoms with van der Waals surface area (Å²) < 4.78 is 0. The lowest BCUT2D eigenvalue weighted by molar-refractivity contribution is -0.127. The Morgan fingerprint density at radius 1 is 1.56 bits per heavy atom. The minimum atomic E-state index is 0.0728. The van der Waals surface area contributed by atoms with Crippen LogP contribution in [0.3, 0.4) is 0 Å². The molecule has 1 aliphatic rings. The quantitative estimate of drug-likeness (QED) is 0.809. The van der Waals surface area contributed by atoms with Gasteiger partial charge in [-0.15, -0.1) is 0 Å². The smallest absolute Gasteiger partial charge is 0.223 e. The molecule has 1 amide bonds. The summed E-state index contributed by atoms with van der Waals surface area (Å²) in [5.41, 5.74) is 0.882. The van der Waals surface area contributed by atoms with Gasteiger partial charge in [-0.05, 0) is 0 Å². The zero-order chi connectivity index (χ0) is 13.0. The molecule has 6 heteroatoms. The van der Waals surface area contributed by atoms with Crippen molar-refractivity contribution in [3.63, 3.8) is 0 Å². The van der Waals surface area contributed by atoms with Crippen molar-refractivity contribution >= 4 is 22.8 Å². The molecule has 0 radical (unpaired) electrons. The molecule has 0 spiro atoms. The van der Waals surface area contributed by atoms with Crippen LogP contribution in [0.4, 0.5) is 0 Å². The van der Waals surface area contributed by atoms with E-state index in [0.717, 1.165) is 5.69 Å². The highest BCUT2D eigenvalue weighted by Crippen LogP contribution is 2.24. The number of carbonyl (C=O) groups is 2. The van der Waals surface area contributed by atoms with Gasteiger partial charge < -0.3 is 4.90 Å². The SMILES string of the molecule is CC(=O)SC1CC(=O)N(CCc2cnccn2)C1. The van der Waals surface area contributed by atoms with E-state index in [-0.39, 0.29) is 16.3 Å². The van der Waals surface area contributed by atoms with Crippen LogP contribution in [0.15, 0.2) is 18.6 Å². The van der Waals surface area contributed by atoms with Crippen LogP contribution >= 0.6 is 11.8 Å². The van der Waals surface area contributed by atoms with Crippen LogP contribution in [0.1, 0.15) is 19.0 Å². The zero-order valence-electron chi connectivity index (χ0n) is 10.2. The van der Waals surface area contributed by atoms with Crippen LogP contribution in [0.2, 0.25) is 0 Å². The van der Waals surface area contributed by atoms with Crippen LogP contribution in [-0.4, -0.2) is 44.2 Å². The molecule has 2 rings (SSSR count). The van der Waals surface area contributed by atoms with Gasteiger partial charge in [-0.3, -0.25) is 19.6 Å². The van der Waals surface area contributed by atoms with Gasteiger partial charge in [0.05, 0.1) is 5.69 Å². The van der Waals surface area contributed by atoms with Gasteiger partial charge >= 0.3 is 0 Å². The summed E-state index contributed by atoms with van der Waals surface area (Å²) in [6, 6.07) is 0. The van der Waals surface area contributed by atoms with Crippen molar-refractivity contribution in [1.82, 2.24) is 14.9 Å². The van der Waals surface area contributed by atoms with E-state index in [1.807, 2.05) is 0 Å². The first kappa shape index (κ1) is 13.0. The maximum absolute atomic E-state index is 11.8. The molecular weight excluding hydrogens is 250 g/mol. The maximum atomic E-state index is 11.8. The van der Waals surface area contributed by atoms with Gasteiger partial charge in [0.1, 0.15) is 0 Å². The molecule has 1 fully saturated rings. The van der Waals surface area contributed by atoms with Crippen LogP contribution < -0.4 is 0 Å². The highest BCUT2D eigenvalue weighted by Gasteiger charge is 2.30. The van der Waals surface area contributed by atoms with E-state index in [2.05, 4.69) is 9.97 Å². The standard InChI is InChI=1S/C12H15N3O2S/c1-9(16)18-11-6-12(17)15(8-11)5-2-10-7-13-3-4-14-10/h3-4,7,11H,2,5-6,8H2,1H3. The summed E-state index contributed by atoms with van der Waals surface area (Å²) in [5, 5.41) is 0.181. The first-order valence-electron chi connectivity index (χ1n) is 5.85. The van der Waals surface area contributed by atoms with Crippen molar-refractivity contribution in [2.24, 2.45) is 0 Å². The second kappa shape index (κ2) is 5.95. The molecule has 0 aliphatic carbocycles. The predicted octanol–water partition coefficient (Wildman–Crippen LogP) is 0.900. The van der Waals surface area contributed by atoms with Crippen molar-refractivity contribution in [2.45, 2.75) is 25.0 Å². The van der Waals surface area contributed by atoms with E-state index >= 15 is 0 Å². The molecule has 2 heterocycles. The van der Waals surface area contributed by atoms with E-state index in [9.17, 15) is 9.59 Å². The fourth-order valence-corrected chi connectivity index (χ4v) is 2.92. The summed E-state index contributed by atoms with van der Waals surface area (Å²) in [6.07, 6.45) is 6.16. The summed E-state index contributed by atoms with van der Waals surface area (Å²) >= 11 is 1.26. The van der Waals surface area contributed by atoms with Gasteiger partial charge in [0.15, 0.2) is 5.12 Å². The van der Waals surface area contributed by atoms with Crippen LogP contribution in [0, 0.1) is 0 Å². The third-order valence-electron chi connectivity index (χ3n) is 2.77. The third kappa shape index (κ3) is 3.53. The molecule has 1 saturated heterocycles. The molecule has 5 nitrogen and oxygen atoms in total. The van der Waals surface area contributed by atoms with Crippen molar-refractivity contribution in [2.75, 3.05) is 13.1 Å². The normalized spacial score (nSPS) is 19.3. The highest BCUT2D eigenvalue weighted by atomic mass is 32.2. The first-order chi connectivity index (χ1) is 8.65. The Balaban J connectivity index is 1.83. The monoisotopic (exact) mass is 265 g/mol. The Kier molecular flexibility index (Phi) is 4.30. The number of hydrogen-bond acceptors (Lipinski definition) is 5. The average molecular weight is 265 g/mol. The van der Waals surface area contributed by atoms with Gasteiger partial charge in [0, 0.05) is 56.7 Å². The summed E-state index contributed by atoms with van der Waals surface area (Å²) in [7, 11) is 0. The Hall–Kier alpha value is -1.43. The van der Waals surface area contributed by atoms with Gasteiger partial charge in [-0.25, -0.2) is 0 Å². The number of rotatable bonds is 4. The molecule has 1 aromatic rings. The van der Waals surface area contributed by atoms with Gasteiger partial charge in [-0.2, -0.15) is 0 Å². The van der Waals surface area contributed by atoms with Gasteiger partial charge in [0.2, 0.25) is 5.91 Å². The molecular formula is C12H15N3O2S. The summed E-state index contributed by atoms with van der Waals surface area (Å²) in [6.45, 7) is 2.84. The molecule has 1 atom stereocenters. The fourth-order valence-electron chi connectivity index (χ4n) is 1.97. The number of nitrogens with zero attached hydrogens (tertiary/aromatic N) is 3. The summed E-state index contributed by atoms with van der Waals surface area (Å²) in [4.78, 5) is 32.7. The molecule has 1 aliphatic heterocycles. The Morgan fingerprint density at radius 2 is 2.39 bits per heavy atom. The topological polar surface area (TPSA) is 63.2 Å². The average Bonchev–Trinajstić information content (AvgIpc) is 2.67. The number of aromatic nitrogens is 2. The maximum Gasteiger partial charge on any atom is 0.223 e. The number of likely N-dealkylation sites (tertiary alicyclic amines) is 1. The lowest BCUT2D eigenvalue weighted by atomic mass is 10.3. The first-order valence-corrected chi connectivity index (χ1v) is 6.73. The van der Waals surface area contributed by atoms with E-state index in [0.29, 0.717) is 25.9 Å². The van der Waals surface area contributed by atoms with Gasteiger partial charge in [0.25, 0.3) is 0 Å². The Morgan fingerprint density at radius 3 is 3.06 bits per heavy atom. The van der Waals surface area contributed by atoms with E-state index < -0.39 is 0 Å². The second-order valence-corrected chi connectivity index (χ2v) is 5.70. The van der Waals surface area contributed by atoms with Crippen LogP contribution in [0.5, 0.6) is 0 Å². The molecule has 0 aromatic carbocycles. The molecule has 96 valence electrons. The molecule has 0 N–H and O–H groups in total. The molecule has 0 bridgehead atoms. The van der Waals surface area contributed by atoms with E-state index in [1.165, 1.54) is 18.7 Å². The molecule has 1 unspecified atom stereocenters. The largest absolute Gasteiger partial charge is 0.341 e. The number of amides is 1. The van der Waals surface area contributed by atoms with Crippen LogP contribution in [-0.2, 0) is 16.0 Å².